The van der Waals surface area contributed by atoms with Gasteiger partial charge in [0.25, 0.3) is 0 Å². The highest BCUT2D eigenvalue weighted by molar-refractivity contribution is 6.34. The standard InChI is InChI=1S/C14H16Cl2N4O2/c1-14(2,3)20(13(21)22)11-7-19(18-12(11)17)10-5-8(15)4-9(16)6-10/h4-7H,1-3H3,(H2,17,18)(H,21,22). The summed E-state index contributed by atoms with van der Waals surface area (Å²) in [6, 6.07) is 4.91. The van der Waals surface area contributed by atoms with Crippen LogP contribution in [0.1, 0.15) is 20.8 Å². The summed E-state index contributed by atoms with van der Waals surface area (Å²) < 4.78 is 1.45. The number of nitrogens with two attached hydrogens (primary N) is 1. The van der Waals surface area contributed by atoms with Gasteiger partial charge in [0.1, 0.15) is 5.69 Å². The van der Waals surface area contributed by atoms with Gasteiger partial charge in [-0.05, 0) is 39.0 Å². The first-order chi connectivity index (χ1) is 10.1. The molecule has 8 heteroatoms. The lowest BCUT2D eigenvalue weighted by Crippen LogP contribution is -2.45. The maximum absolute atomic E-state index is 11.5. The molecule has 0 atom stereocenters. The molecule has 6 nitrogen and oxygen atoms in total. The minimum atomic E-state index is -1.11. The number of nitrogen functional groups attached to an aromatic ring is 1. The molecular weight excluding hydrogens is 327 g/mol. The average Bonchev–Trinajstić information content (AvgIpc) is 2.68. The van der Waals surface area contributed by atoms with Gasteiger partial charge >= 0.3 is 6.09 Å². The van der Waals surface area contributed by atoms with Gasteiger partial charge in [-0.3, -0.25) is 4.90 Å². The maximum atomic E-state index is 11.5. The minimum Gasteiger partial charge on any atom is -0.465 e. The van der Waals surface area contributed by atoms with E-state index in [0.29, 0.717) is 21.4 Å². The molecule has 0 saturated heterocycles. The quantitative estimate of drug-likeness (QED) is 0.862. The first-order valence-corrected chi connectivity index (χ1v) is 7.20. The SMILES string of the molecule is CC(C)(C)N(C(=O)O)c1cn(-c2cc(Cl)cc(Cl)c2)nc1N. The van der Waals surface area contributed by atoms with Gasteiger partial charge in [0.15, 0.2) is 5.82 Å². The molecule has 0 bridgehead atoms. The number of carbonyl (C=O) groups is 1. The highest BCUT2D eigenvalue weighted by Gasteiger charge is 2.31. The Morgan fingerprint density at radius 1 is 1.27 bits per heavy atom. The van der Waals surface area contributed by atoms with Crippen LogP contribution in [-0.4, -0.2) is 26.5 Å². The van der Waals surface area contributed by atoms with Crippen molar-refractivity contribution in [1.82, 2.24) is 9.78 Å². The summed E-state index contributed by atoms with van der Waals surface area (Å²) in [6.07, 6.45) is 0.430. The average molecular weight is 343 g/mol. The van der Waals surface area contributed by atoms with Gasteiger partial charge in [0.2, 0.25) is 0 Å². The van der Waals surface area contributed by atoms with E-state index in [4.69, 9.17) is 28.9 Å². The van der Waals surface area contributed by atoms with E-state index in [9.17, 15) is 9.90 Å². The van der Waals surface area contributed by atoms with Crippen molar-refractivity contribution in [1.29, 1.82) is 0 Å². The van der Waals surface area contributed by atoms with E-state index >= 15 is 0 Å². The topological polar surface area (TPSA) is 84.4 Å². The number of carboxylic acid groups (broad SMARTS) is 1. The summed E-state index contributed by atoms with van der Waals surface area (Å²) in [6.45, 7) is 5.32. The second-order valence-corrected chi connectivity index (χ2v) is 6.63. The first-order valence-electron chi connectivity index (χ1n) is 6.44. The number of anilines is 2. The van der Waals surface area contributed by atoms with Crippen LogP contribution in [0.25, 0.3) is 5.69 Å². The van der Waals surface area contributed by atoms with Crippen molar-refractivity contribution >= 4 is 40.8 Å². The molecule has 1 aromatic heterocycles. The monoisotopic (exact) mass is 342 g/mol. The fraction of sp³-hybridized carbons (Fsp3) is 0.286. The Hall–Kier alpha value is -1.92. The zero-order valence-corrected chi connectivity index (χ0v) is 13.9. The van der Waals surface area contributed by atoms with Crippen LogP contribution >= 0.6 is 23.2 Å². The van der Waals surface area contributed by atoms with Gasteiger partial charge < -0.3 is 10.8 Å². The van der Waals surface area contributed by atoms with E-state index in [0.717, 1.165) is 4.90 Å². The van der Waals surface area contributed by atoms with Crippen LogP contribution in [0.5, 0.6) is 0 Å². The van der Waals surface area contributed by atoms with Gasteiger partial charge in [0, 0.05) is 15.6 Å². The van der Waals surface area contributed by atoms with Crippen molar-refractivity contribution in [3.8, 4) is 5.69 Å². The number of rotatable bonds is 2. The van der Waals surface area contributed by atoms with E-state index in [1.54, 1.807) is 39.0 Å². The van der Waals surface area contributed by atoms with E-state index < -0.39 is 11.6 Å². The number of halogens is 2. The first kappa shape index (κ1) is 16.5. The Bertz CT molecular complexity index is 702. The van der Waals surface area contributed by atoms with Crippen molar-refractivity contribution < 1.29 is 9.90 Å². The van der Waals surface area contributed by atoms with Crippen LogP contribution in [0.3, 0.4) is 0 Å². The summed E-state index contributed by atoms with van der Waals surface area (Å²) in [5.74, 6) is 0.105. The fourth-order valence-corrected chi connectivity index (χ4v) is 2.62. The van der Waals surface area contributed by atoms with Crippen molar-refractivity contribution in [2.24, 2.45) is 0 Å². The van der Waals surface area contributed by atoms with Crippen LogP contribution in [0.4, 0.5) is 16.3 Å². The van der Waals surface area contributed by atoms with Gasteiger partial charge in [-0.1, -0.05) is 23.2 Å². The van der Waals surface area contributed by atoms with Crippen molar-refractivity contribution in [3.63, 3.8) is 0 Å². The van der Waals surface area contributed by atoms with Crippen LogP contribution < -0.4 is 10.6 Å². The summed E-state index contributed by atoms with van der Waals surface area (Å²) in [7, 11) is 0. The van der Waals surface area contributed by atoms with Gasteiger partial charge in [-0.15, -0.1) is 5.10 Å². The molecule has 1 amide bonds. The molecule has 0 spiro atoms. The lowest BCUT2D eigenvalue weighted by Gasteiger charge is -2.32. The van der Waals surface area contributed by atoms with Crippen molar-refractivity contribution in [2.75, 3.05) is 10.6 Å². The Kier molecular flexibility index (Phi) is 4.26. The summed E-state index contributed by atoms with van der Waals surface area (Å²) >= 11 is 11.9. The molecule has 1 heterocycles. The van der Waals surface area contributed by atoms with Crippen molar-refractivity contribution in [2.45, 2.75) is 26.3 Å². The second kappa shape index (κ2) is 5.70. The largest absolute Gasteiger partial charge is 0.465 e. The Morgan fingerprint density at radius 3 is 2.27 bits per heavy atom. The van der Waals surface area contributed by atoms with E-state index in [1.807, 2.05) is 0 Å². The molecule has 0 saturated carbocycles. The molecule has 0 aliphatic rings. The lowest BCUT2D eigenvalue weighted by atomic mass is 10.1. The van der Waals surface area contributed by atoms with E-state index in [1.165, 1.54) is 10.9 Å². The molecule has 0 unspecified atom stereocenters. The summed E-state index contributed by atoms with van der Waals surface area (Å²) in [5.41, 5.74) is 6.11. The highest BCUT2D eigenvalue weighted by atomic mass is 35.5. The van der Waals surface area contributed by atoms with Crippen LogP contribution in [0, 0.1) is 0 Å². The highest BCUT2D eigenvalue weighted by Crippen LogP contribution is 2.31. The minimum absolute atomic E-state index is 0.105. The van der Waals surface area contributed by atoms with Gasteiger partial charge in [0.05, 0.1) is 11.9 Å². The van der Waals surface area contributed by atoms with Crippen LogP contribution in [-0.2, 0) is 0 Å². The lowest BCUT2D eigenvalue weighted by molar-refractivity contribution is 0.195. The maximum Gasteiger partial charge on any atom is 0.412 e. The number of hydrogen-bond acceptors (Lipinski definition) is 3. The Labute approximate surface area is 138 Å². The molecular formula is C14H16Cl2N4O2. The molecule has 2 rings (SSSR count). The Balaban J connectivity index is 2.54. The summed E-state index contributed by atoms with van der Waals surface area (Å²) in [5, 5.41) is 14.5. The molecule has 118 valence electrons. The number of nitrogens with zero attached hydrogens (tertiary/aromatic N) is 3. The van der Waals surface area contributed by atoms with E-state index in [2.05, 4.69) is 5.10 Å². The molecule has 2 aromatic rings. The molecule has 1 aromatic carbocycles. The Morgan fingerprint density at radius 2 is 1.82 bits per heavy atom. The number of hydrogen-bond donors (Lipinski definition) is 2. The predicted octanol–water partition coefficient (Wildman–Crippen LogP) is 4.04. The number of amides is 1. The predicted molar refractivity (Wildman–Crippen MR) is 88.3 cm³/mol. The normalized spacial score (nSPS) is 11.5. The smallest absolute Gasteiger partial charge is 0.412 e. The van der Waals surface area contributed by atoms with Crippen LogP contribution in [0.2, 0.25) is 10.0 Å². The number of aromatic nitrogens is 2. The zero-order chi connectivity index (χ0) is 16.7. The molecule has 22 heavy (non-hydrogen) atoms. The van der Waals surface area contributed by atoms with Gasteiger partial charge in [-0.2, -0.15) is 0 Å². The van der Waals surface area contributed by atoms with E-state index in [-0.39, 0.29) is 5.82 Å². The molecule has 0 fully saturated rings. The number of benzene rings is 1. The second-order valence-electron chi connectivity index (χ2n) is 5.76. The zero-order valence-electron chi connectivity index (χ0n) is 12.3. The van der Waals surface area contributed by atoms with Crippen molar-refractivity contribution in [3.05, 3.63) is 34.4 Å². The molecule has 0 radical (unpaired) electrons. The molecule has 0 aliphatic heterocycles. The van der Waals surface area contributed by atoms with Crippen LogP contribution in [0.15, 0.2) is 24.4 Å². The van der Waals surface area contributed by atoms with Gasteiger partial charge in [-0.25, -0.2) is 9.48 Å². The third-order valence-electron chi connectivity index (χ3n) is 2.94. The summed E-state index contributed by atoms with van der Waals surface area (Å²) in [4.78, 5) is 12.7. The molecule has 3 N–H and O–H groups in total. The third-order valence-corrected chi connectivity index (χ3v) is 3.37. The fourth-order valence-electron chi connectivity index (χ4n) is 2.11. The third kappa shape index (κ3) is 3.28. The molecule has 0 aliphatic carbocycles.